The zero-order valence-corrected chi connectivity index (χ0v) is 19.1. The number of nitrogens with zero attached hydrogens (tertiary/aromatic N) is 3. The average Bonchev–Trinajstić information content (AvgIpc) is 3.15. The van der Waals surface area contributed by atoms with Gasteiger partial charge in [0.15, 0.2) is 5.65 Å². The first-order valence-electron chi connectivity index (χ1n) is 11.1. The molecule has 2 aromatic carbocycles. The summed E-state index contributed by atoms with van der Waals surface area (Å²) < 4.78 is 21.5. The highest BCUT2D eigenvalue weighted by atomic mass is 19.1. The fourth-order valence-corrected chi connectivity index (χ4v) is 3.99. The second-order valence-electron chi connectivity index (χ2n) is 7.85. The first kappa shape index (κ1) is 22.5. The van der Waals surface area contributed by atoms with Gasteiger partial charge in [-0.25, -0.2) is 9.07 Å². The Morgan fingerprint density at radius 2 is 1.82 bits per heavy atom. The van der Waals surface area contributed by atoms with Crippen LogP contribution >= 0.6 is 0 Å². The molecule has 2 heterocycles. The Morgan fingerprint density at radius 1 is 1.09 bits per heavy atom. The van der Waals surface area contributed by atoms with Crippen LogP contribution in [0.2, 0.25) is 0 Å². The minimum absolute atomic E-state index is 0.156. The van der Waals surface area contributed by atoms with E-state index in [0.717, 1.165) is 33.5 Å². The monoisotopic (exact) mass is 446 g/mol. The van der Waals surface area contributed by atoms with E-state index in [1.807, 2.05) is 55.8 Å². The number of benzene rings is 2. The van der Waals surface area contributed by atoms with Gasteiger partial charge in [0.1, 0.15) is 5.82 Å². The van der Waals surface area contributed by atoms with Gasteiger partial charge in [-0.1, -0.05) is 36.4 Å². The average molecular weight is 447 g/mol. The number of aryl methyl sites for hydroxylation is 2. The molecular formula is C26H27FN4O2. The summed E-state index contributed by atoms with van der Waals surface area (Å²) in [5.41, 5.74) is 4.87. The number of carbonyl (C=O) groups is 1. The lowest BCUT2D eigenvalue weighted by Gasteiger charge is -2.14. The smallest absolute Gasteiger partial charge is 0.220 e. The molecule has 0 spiro atoms. The first-order chi connectivity index (χ1) is 16.0. The molecule has 7 heteroatoms. The second kappa shape index (κ2) is 9.81. The highest BCUT2D eigenvalue weighted by molar-refractivity contribution is 5.86. The molecule has 0 aliphatic rings. The van der Waals surface area contributed by atoms with Crippen molar-refractivity contribution in [2.45, 2.75) is 40.2 Å². The van der Waals surface area contributed by atoms with E-state index in [1.54, 1.807) is 18.2 Å². The lowest BCUT2D eigenvalue weighted by Crippen LogP contribution is -2.23. The maximum atomic E-state index is 13.8. The summed E-state index contributed by atoms with van der Waals surface area (Å²) in [6.45, 7) is 6.50. The Morgan fingerprint density at radius 3 is 2.55 bits per heavy atom. The molecule has 0 saturated carbocycles. The summed E-state index contributed by atoms with van der Waals surface area (Å²) in [7, 11) is 0. The lowest BCUT2D eigenvalue weighted by atomic mass is 10.0. The summed E-state index contributed by atoms with van der Waals surface area (Å²) >= 11 is 0. The minimum atomic E-state index is -0.326. The molecule has 0 unspecified atom stereocenters. The minimum Gasteiger partial charge on any atom is -0.478 e. The van der Waals surface area contributed by atoms with E-state index in [0.29, 0.717) is 24.5 Å². The van der Waals surface area contributed by atoms with Crippen LogP contribution in [0.25, 0.3) is 16.7 Å². The number of amides is 1. The van der Waals surface area contributed by atoms with E-state index in [2.05, 4.69) is 5.32 Å². The Bertz CT molecular complexity index is 1280. The highest BCUT2D eigenvalue weighted by Crippen LogP contribution is 2.32. The summed E-state index contributed by atoms with van der Waals surface area (Å²) in [6, 6.07) is 16.3. The molecule has 0 radical (unpaired) electrons. The van der Waals surface area contributed by atoms with Crippen LogP contribution in [0.4, 0.5) is 4.39 Å². The van der Waals surface area contributed by atoms with Crippen molar-refractivity contribution in [3.8, 4) is 11.6 Å². The topological polar surface area (TPSA) is 69.0 Å². The van der Waals surface area contributed by atoms with Crippen molar-refractivity contribution in [1.82, 2.24) is 20.1 Å². The van der Waals surface area contributed by atoms with Gasteiger partial charge in [-0.15, -0.1) is 0 Å². The molecule has 0 aliphatic carbocycles. The van der Waals surface area contributed by atoms with Gasteiger partial charge in [-0.3, -0.25) is 4.79 Å². The van der Waals surface area contributed by atoms with Crippen LogP contribution in [0.1, 0.15) is 35.7 Å². The lowest BCUT2D eigenvalue weighted by molar-refractivity contribution is -0.121. The van der Waals surface area contributed by atoms with Crippen LogP contribution in [0.5, 0.6) is 5.88 Å². The zero-order valence-electron chi connectivity index (χ0n) is 19.1. The van der Waals surface area contributed by atoms with E-state index in [4.69, 9.17) is 14.8 Å². The predicted octanol–water partition coefficient (Wildman–Crippen LogP) is 4.82. The maximum Gasteiger partial charge on any atom is 0.220 e. The zero-order chi connectivity index (χ0) is 23.4. The molecule has 4 aromatic rings. The van der Waals surface area contributed by atoms with Gasteiger partial charge in [-0.05, 0) is 51.0 Å². The predicted molar refractivity (Wildman–Crippen MR) is 126 cm³/mol. The molecule has 0 fully saturated rings. The summed E-state index contributed by atoms with van der Waals surface area (Å²) in [5, 5.41) is 8.47. The van der Waals surface area contributed by atoms with Gasteiger partial charge < -0.3 is 10.1 Å². The summed E-state index contributed by atoms with van der Waals surface area (Å²) in [4.78, 5) is 17.3. The molecule has 0 saturated heterocycles. The molecule has 0 bridgehead atoms. The van der Waals surface area contributed by atoms with Gasteiger partial charge >= 0.3 is 0 Å². The van der Waals surface area contributed by atoms with Gasteiger partial charge in [-0.2, -0.15) is 10.1 Å². The number of nitrogens with one attached hydrogen (secondary N) is 1. The number of carbonyl (C=O) groups excluding carboxylic acids is 1. The molecule has 0 atom stereocenters. The molecule has 4 rings (SSSR count). The summed E-state index contributed by atoms with van der Waals surface area (Å²) in [6.07, 6.45) is 0.706. The van der Waals surface area contributed by atoms with Crippen molar-refractivity contribution >= 4 is 16.9 Å². The van der Waals surface area contributed by atoms with E-state index >= 15 is 0 Å². The van der Waals surface area contributed by atoms with Crippen molar-refractivity contribution in [2.24, 2.45) is 0 Å². The SMILES string of the molecule is CCOc1nc2c(c(C)nn2-c2ccccc2)c(C)c1CCC(=O)NCc1ccccc1F. The number of pyridine rings is 1. The van der Waals surface area contributed by atoms with Gasteiger partial charge in [0.2, 0.25) is 11.8 Å². The Balaban J connectivity index is 1.60. The number of aromatic nitrogens is 3. The standard InChI is InChI=1S/C26H27FN4O2/c1-4-33-26-21(14-15-23(32)28-16-19-10-8-9-13-22(19)27)17(2)24-18(3)30-31(25(24)29-26)20-11-6-5-7-12-20/h5-13H,4,14-16H2,1-3H3,(H,28,32). The third kappa shape index (κ3) is 4.72. The quantitative estimate of drug-likeness (QED) is 0.421. The van der Waals surface area contributed by atoms with Crippen molar-refractivity contribution in [3.63, 3.8) is 0 Å². The van der Waals surface area contributed by atoms with Crippen LogP contribution < -0.4 is 10.1 Å². The Kier molecular flexibility index (Phi) is 6.68. The van der Waals surface area contributed by atoms with Crippen LogP contribution in [-0.2, 0) is 17.8 Å². The van der Waals surface area contributed by atoms with Crippen molar-refractivity contribution in [1.29, 1.82) is 0 Å². The van der Waals surface area contributed by atoms with Gasteiger partial charge in [0.05, 0.1) is 18.0 Å². The van der Waals surface area contributed by atoms with E-state index in [9.17, 15) is 9.18 Å². The third-order valence-corrected chi connectivity index (χ3v) is 5.65. The molecular weight excluding hydrogens is 419 g/mol. The van der Waals surface area contributed by atoms with Gasteiger partial charge in [0.25, 0.3) is 0 Å². The van der Waals surface area contributed by atoms with Crippen LogP contribution in [-0.4, -0.2) is 27.3 Å². The molecule has 170 valence electrons. The number of hydrogen-bond acceptors (Lipinski definition) is 4. The number of halogens is 1. The normalized spacial score (nSPS) is 11.0. The summed E-state index contributed by atoms with van der Waals surface area (Å²) in [5.74, 6) is 0.0335. The molecule has 33 heavy (non-hydrogen) atoms. The number of ether oxygens (including phenoxy) is 1. The fraction of sp³-hybridized carbons (Fsp3) is 0.269. The van der Waals surface area contributed by atoms with Crippen molar-refractivity contribution in [3.05, 3.63) is 82.8 Å². The second-order valence-corrected chi connectivity index (χ2v) is 7.85. The number of hydrogen-bond donors (Lipinski definition) is 1. The largest absolute Gasteiger partial charge is 0.478 e. The molecule has 1 N–H and O–H groups in total. The van der Waals surface area contributed by atoms with Crippen molar-refractivity contribution in [2.75, 3.05) is 6.61 Å². The maximum absolute atomic E-state index is 13.8. The molecule has 6 nitrogen and oxygen atoms in total. The highest BCUT2D eigenvalue weighted by Gasteiger charge is 2.20. The Hall–Kier alpha value is -3.74. The van der Waals surface area contributed by atoms with Gasteiger partial charge in [0, 0.05) is 29.5 Å². The van der Waals surface area contributed by atoms with E-state index in [1.165, 1.54) is 6.07 Å². The fourth-order valence-electron chi connectivity index (χ4n) is 3.99. The number of para-hydroxylation sites is 1. The van der Waals surface area contributed by atoms with E-state index < -0.39 is 0 Å². The molecule has 1 amide bonds. The number of rotatable bonds is 8. The van der Waals surface area contributed by atoms with Crippen molar-refractivity contribution < 1.29 is 13.9 Å². The molecule has 0 aliphatic heterocycles. The Labute approximate surface area is 192 Å². The van der Waals surface area contributed by atoms with Crippen LogP contribution in [0, 0.1) is 19.7 Å². The van der Waals surface area contributed by atoms with E-state index in [-0.39, 0.29) is 24.7 Å². The van der Waals surface area contributed by atoms with Crippen LogP contribution in [0.15, 0.2) is 54.6 Å². The number of fused-ring (bicyclic) bond motifs is 1. The first-order valence-corrected chi connectivity index (χ1v) is 11.1. The van der Waals surface area contributed by atoms with Crippen LogP contribution in [0.3, 0.4) is 0 Å². The third-order valence-electron chi connectivity index (χ3n) is 5.65. The molecule has 2 aromatic heterocycles.